The van der Waals surface area contributed by atoms with Gasteiger partial charge in [0.25, 0.3) is 0 Å². The van der Waals surface area contributed by atoms with Gasteiger partial charge in [-0.2, -0.15) is 0 Å². The Morgan fingerprint density at radius 1 is 1.42 bits per heavy atom. The first kappa shape index (κ1) is 15.4. The summed E-state index contributed by atoms with van der Waals surface area (Å²) in [5.74, 6) is -1.62. The molecule has 0 saturated carbocycles. The Balaban J connectivity index is 3.29. The van der Waals surface area contributed by atoms with Gasteiger partial charge in [0.2, 0.25) is 0 Å². The first-order valence-electron chi connectivity index (χ1n) is 5.82. The van der Waals surface area contributed by atoms with Crippen LogP contribution in [0.5, 0.6) is 0 Å². The summed E-state index contributed by atoms with van der Waals surface area (Å²) in [4.78, 5) is 22.5. The first-order chi connectivity index (χ1) is 8.97. The van der Waals surface area contributed by atoms with Crippen molar-refractivity contribution in [2.75, 3.05) is 0 Å². The number of hydrogen-bond acceptors (Lipinski definition) is 3. The summed E-state index contributed by atoms with van der Waals surface area (Å²) < 4.78 is 5.87. The fourth-order valence-corrected chi connectivity index (χ4v) is 2.17. The molecule has 0 heterocycles. The molecule has 0 aliphatic carbocycles. The molecule has 19 heavy (non-hydrogen) atoms. The number of carbonyl (C=O) groups is 2. The second-order valence-electron chi connectivity index (χ2n) is 3.88. The van der Waals surface area contributed by atoms with Gasteiger partial charge >= 0.3 is 11.9 Å². The molecule has 0 amide bonds. The number of halogens is 1. The zero-order chi connectivity index (χ0) is 14.4. The van der Waals surface area contributed by atoms with E-state index in [1.54, 1.807) is 24.3 Å². The lowest BCUT2D eigenvalue weighted by atomic mass is 10.0. The van der Waals surface area contributed by atoms with E-state index in [0.29, 0.717) is 16.5 Å². The molecule has 0 radical (unpaired) electrons. The molecule has 1 N–H and O–H groups in total. The maximum atomic E-state index is 11.3. The van der Waals surface area contributed by atoms with Crippen molar-refractivity contribution in [3.63, 3.8) is 0 Å². The number of ether oxygens (including phenoxy) is 1. The van der Waals surface area contributed by atoms with Crippen LogP contribution >= 0.6 is 15.9 Å². The van der Waals surface area contributed by atoms with Crippen molar-refractivity contribution < 1.29 is 19.4 Å². The van der Waals surface area contributed by atoms with Crippen LogP contribution < -0.4 is 0 Å². The Labute approximate surface area is 120 Å². The lowest BCUT2D eigenvalue weighted by Crippen LogP contribution is -2.17. The molecule has 1 atom stereocenters. The number of allylic oxidation sites excluding steroid dienone is 1. The Morgan fingerprint density at radius 3 is 2.53 bits per heavy atom. The zero-order valence-corrected chi connectivity index (χ0v) is 12.3. The fraction of sp³-hybridized carbons (Fsp3) is 0.286. The second kappa shape index (κ2) is 7.09. The summed E-state index contributed by atoms with van der Waals surface area (Å²) in [5.41, 5.74) is 0.671. The number of carboxylic acids is 1. The minimum atomic E-state index is -1.09. The molecule has 0 aliphatic rings. The van der Waals surface area contributed by atoms with Gasteiger partial charge in [0, 0.05) is 17.0 Å². The third-order valence-electron chi connectivity index (χ3n) is 2.42. The van der Waals surface area contributed by atoms with E-state index < -0.39 is 18.0 Å². The third-order valence-corrected chi connectivity index (χ3v) is 3.15. The maximum Gasteiger partial charge on any atom is 0.335 e. The molecule has 0 saturated heterocycles. The number of benzene rings is 1. The van der Waals surface area contributed by atoms with E-state index in [1.807, 2.05) is 13.0 Å². The molecule has 1 aromatic carbocycles. The van der Waals surface area contributed by atoms with Crippen LogP contribution in [0.3, 0.4) is 0 Å². The van der Waals surface area contributed by atoms with Gasteiger partial charge in [0.05, 0.1) is 5.57 Å². The first-order valence-corrected chi connectivity index (χ1v) is 6.61. The van der Waals surface area contributed by atoms with Crippen molar-refractivity contribution in [1.82, 2.24) is 0 Å². The lowest BCUT2D eigenvalue weighted by molar-refractivity contribution is -0.146. The molecule has 0 spiro atoms. The highest BCUT2D eigenvalue weighted by Gasteiger charge is 2.26. The highest BCUT2D eigenvalue weighted by Crippen LogP contribution is 2.32. The van der Waals surface area contributed by atoms with Crippen LogP contribution in [0, 0.1) is 0 Å². The molecule has 1 unspecified atom stereocenters. The Bertz CT molecular complexity index is 508. The molecule has 1 rings (SSSR count). The second-order valence-corrected chi connectivity index (χ2v) is 4.74. The fourth-order valence-electron chi connectivity index (χ4n) is 1.67. The normalized spacial score (nSPS) is 12.9. The van der Waals surface area contributed by atoms with Crippen LogP contribution in [-0.4, -0.2) is 17.0 Å². The predicted molar refractivity (Wildman–Crippen MR) is 74.7 cm³/mol. The number of carboxylic acid groups (broad SMARTS) is 1. The van der Waals surface area contributed by atoms with Gasteiger partial charge < -0.3 is 9.84 Å². The number of aliphatic carboxylic acids is 1. The molecule has 102 valence electrons. The van der Waals surface area contributed by atoms with Crippen molar-refractivity contribution >= 4 is 27.9 Å². The van der Waals surface area contributed by atoms with Crippen LogP contribution in [-0.2, 0) is 14.3 Å². The summed E-state index contributed by atoms with van der Waals surface area (Å²) in [7, 11) is 0. The highest BCUT2D eigenvalue weighted by atomic mass is 79.9. The largest absolute Gasteiger partial charge is 0.478 e. The van der Waals surface area contributed by atoms with Gasteiger partial charge in [0.1, 0.15) is 0 Å². The maximum absolute atomic E-state index is 11.3. The quantitative estimate of drug-likeness (QED) is 0.664. The van der Waals surface area contributed by atoms with Crippen LogP contribution in [0.4, 0.5) is 0 Å². The molecule has 4 nitrogen and oxygen atoms in total. The van der Waals surface area contributed by atoms with Crippen molar-refractivity contribution in [3.05, 3.63) is 46.0 Å². The summed E-state index contributed by atoms with van der Waals surface area (Å²) >= 11 is 3.34. The van der Waals surface area contributed by atoms with Crippen LogP contribution in [0.15, 0.2) is 40.4 Å². The molecular formula is C14H15BrO4. The number of hydrogen-bond donors (Lipinski definition) is 1. The Kier molecular flexibility index (Phi) is 5.76. The molecular weight excluding hydrogens is 312 g/mol. The molecule has 1 aromatic rings. The van der Waals surface area contributed by atoms with Gasteiger partial charge in [-0.15, -0.1) is 0 Å². The van der Waals surface area contributed by atoms with Gasteiger partial charge in [0.15, 0.2) is 6.10 Å². The van der Waals surface area contributed by atoms with E-state index in [0.717, 1.165) is 0 Å². The van der Waals surface area contributed by atoms with E-state index in [-0.39, 0.29) is 5.57 Å². The lowest BCUT2D eigenvalue weighted by Gasteiger charge is -2.19. The SMILES string of the molecule is CCC=C(C(=O)O)C(OC(C)=O)c1ccccc1Br. The van der Waals surface area contributed by atoms with Crippen molar-refractivity contribution in [1.29, 1.82) is 0 Å². The number of carbonyl (C=O) groups excluding carboxylic acids is 1. The molecule has 0 bridgehead atoms. The summed E-state index contributed by atoms with van der Waals surface area (Å²) in [6.45, 7) is 3.09. The van der Waals surface area contributed by atoms with Crippen molar-refractivity contribution in [3.8, 4) is 0 Å². The summed E-state index contributed by atoms with van der Waals surface area (Å²) in [6, 6.07) is 7.08. The standard InChI is InChI=1S/C14H15BrO4/c1-3-6-11(14(17)18)13(19-9(2)16)10-7-4-5-8-12(10)15/h4-8,13H,3H2,1-2H3,(H,17,18). The highest BCUT2D eigenvalue weighted by molar-refractivity contribution is 9.10. The van der Waals surface area contributed by atoms with Gasteiger partial charge in [-0.05, 0) is 12.5 Å². The van der Waals surface area contributed by atoms with E-state index in [9.17, 15) is 14.7 Å². The molecule has 0 aliphatic heterocycles. The van der Waals surface area contributed by atoms with E-state index in [2.05, 4.69) is 15.9 Å². The average molecular weight is 327 g/mol. The van der Waals surface area contributed by atoms with Crippen LogP contribution in [0.1, 0.15) is 31.9 Å². The molecule has 0 aromatic heterocycles. The van der Waals surface area contributed by atoms with Crippen LogP contribution in [0.25, 0.3) is 0 Å². The number of rotatable bonds is 5. The van der Waals surface area contributed by atoms with Crippen molar-refractivity contribution in [2.45, 2.75) is 26.4 Å². The number of esters is 1. The summed E-state index contributed by atoms with van der Waals surface area (Å²) in [5, 5.41) is 9.26. The molecule has 0 fully saturated rings. The molecule has 5 heteroatoms. The summed E-state index contributed by atoms with van der Waals surface area (Å²) in [6.07, 6.45) is 1.18. The van der Waals surface area contributed by atoms with Gasteiger partial charge in [-0.3, -0.25) is 4.79 Å². The van der Waals surface area contributed by atoms with E-state index >= 15 is 0 Å². The minimum Gasteiger partial charge on any atom is -0.478 e. The monoisotopic (exact) mass is 326 g/mol. The topological polar surface area (TPSA) is 63.6 Å². The zero-order valence-electron chi connectivity index (χ0n) is 10.7. The third kappa shape index (κ3) is 4.21. The predicted octanol–water partition coefficient (Wildman–Crippen LogP) is 3.47. The smallest absolute Gasteiger partial charge is 0.335 e. The average Bonchev–Trinajstić information content (AvgIpc) is 2.34. The van der Waals surface area contributed by atoms with Gasteiger partial charge in [-0.25, -0.2) is 4.79 Å². The Hall–Kier alpha value is -1.62. The van der Waals surface area contributed by atoms with E-state index in [1.165, 1.54) is 6.92 Å². The van der Waals surface area contributed by atoms with Gasteiger partial charge in [-0.1, -0.05) is 47.1 Å². The Morgan fingerprint density at radius 2 is 2.05 bits per heavy atom. The van der Waals surface area contributed by atoms with E-state index in [4.69, 9.17) is 4.74 Å². The van der Waals surface area contributed by atoms with Crippen LogP contribution in [0.2, 0.25) is 0 Å². The minimum absolute atomic E-state index is 0.0598. The van der Waals surface area contributed by atoms with Crippen molar-refractivity contribution in [2.24, 2.45) is 0 Å².